The SMILES string of the molecule is C=C1C(OC)=C(OC)C(OC)=CC1CC(=O)OCC. The van der Waals surface area contributed by atoms with Crippen LogP contribution in [0.15, 0.2) is 35.5 Å². The molecule has 0 radical (unpaired) electrons. The van der Waals surface area contributed by atoms with Gasteiger partial charge in [-0.05, 0) is 18.6 Å². The van der Waals surface area contributed by atoms with Crippen molar-refractivity contribution in [3.8, 4) is 0 Å². The van der Waals surface area contributed by atoms with Crippen LogP contribution in [0.25, 0.3) is 0 Å². The Labute approximate surface area is 113 Å². The number of carbonyl (C=O) groups excluding carboxylic acids is 1. The number of hydrogen-bond acceptors (Lipinski definition) is 5. The van der Waals surface area contributed by atoms with Gasteiger partial charge in [0.15, 0.2) is 11.5 Å². The second-order valence-corrected chi connectivity index (χ2v) is 3.94. The Morgan fingerprint density at radius 1 is 1.21 bits per heavy atom. The van der Waals surface area contributed by atoms with Crippen LogP contribution in [-0.2, 0) is 23.7 Å². The molecule has 1 unspecified atom stereocenters. The van der Waals surface area contributed by atoms with E-state index in [1.165, 1.54) is 21.3 Å². The van der Waals surface area contributed by atoms with Crippen molar-refractivity contribution in [3.05, 3.63) is 35.5 Å². The summed E-state index contributed by atoms with van der Waals surface area (Å²) < 4.78 is 20.7. The Morgan fingerprint density at radius 3 is 2.32 bits per heavy atom. The van der Waals surface area contributed by atoms with Gasteiger partial charge in [-0.15, -0.1) is 0 Å². The molecule has 1 atom stereocenters. The fraction of sp³-hybridized carbons (Fsp3) is 0.500. The molecule has 0 aromatic rings. The minimum atomic E-state index is -0.281. The molecule has 0 aromatic heterocycles. The van der Waals surface area contributed by atoms with Crippen LogP contribution in [-0.4, -0.2) is 33.9 Å². The summed E-state index contributed by atoms with van der Waals surface area (Å²) in [4.78, 5) is 11.6. The van der Waals surface area contributed by atoms with Gasteiger partial charge in [-0.25, -0.2) is 0 Å². The minimum Gasteiger partial charge on any atom is -0.493 e. The first-order valence-electron chi connectivity index (χ1n) is 6.02. The molecule has 0 aromatic carbocycles. The fourth-order valence-corrected chi connectivity index (χ4v) is 1.94. The Balaban J connectivity index is 2.99. The molecule has 0 fully saturated rings. The van der Waals surface area contributed by atoms with Crippen LogP contribution in [0.5, 0.6) is 0 Å². The molecule has 1 aliphatic carbocycles. The number of allylic oxidation sites excluding steroid dienone is 2. The van der Waals surface area contributed by atoms with Crippen LogP contribution in [0.2, 0.25) is 0 Å². The van der Waals surface area contributed by atoms with Gasteiger partial charge in [0, 0.05) is 5.92 Å². The predicted molar refractivity (Wildman–Crippen MR) is 70.0 cm³/mol. The van der Waals surface area contributed by atoms with Gasteiger partial charge in [0.25, 0.3) is 0 Å². The van der Waals surface area contributed by atoms with Crippen LogP contribution in [0.3, 0.4) is 0 Å². The Hall–Kier alpha value is -1.91. The Kier molecular flexibility index (Phi) is 5.48. The van der Waals surface area contributed by atoms with Crippen molar-refractivity contribution in [3.63, 3.8) is 0 Å². The summed E-state index contributed by atoms with van der Waals surface area (Å²) in [7, 11) is 4.59. The third-order valence-electron chi connectivity index (χ3n) is 2.84. The standard InChI is InChI=1S/C14H20O5/c1-6-19-12(15)8-10-7-11(16-3)14(18-5)13(17-4)9(10)2/h7,10H,2,6,8H2,1,3-5H3. The van der Waals surface area contributed by atoms with Crippen molar-refractivity contribution < 1.29 is 23.7 Å². The molecule has 1 rings (SSSR count). The van der Waals surface area contributed by atoms with Gasteiger partial charge < -0.3 is 18.9 Å². The van der Waals surface area contributed by atoms with E-state index in [2.05, 4.69) is 6.58 Å². The third-order valence-corrected chi connectivity index (χ3v) is 2.84. The monoisotopic (exact) mass is 268 g/mol. The van der Waals surface area contributed by atoms with Crippen molar-refractivity contribution in [1.29, 1.82) is 0 Å². The summed E-state index contributed by atoms with van der Waals surface area (Å²) in [5.74, 6) is 1.01. The molecule has 0 amide bonds. The summed E-state index contributed by atoms with van der Waals surface area (Å²) in [6, 6.07) is 0. The maximum Gasteiger partial charge on any atom is 0.306 e. The lowest BCUT2D eigenvalue weighted by molar-refractivity contribution is -0.143. The zero-order chi connectivity index (χ0) is 14.4. The van der Waals surface area contributed by atoms with E-state index in [-0.39, 0.29) is 18.3 Å². The number of methoxy groups -OCH3 is 3. The lowest BCUT2D eigenvalue weighted by atomic mass is 9.89. The number of carbonyl (C=O) groups is 1. The molecule has 0 bridgehead atoms. The molecule has 0 heterocycles. The first kappa shape index (κ1) is 15.1. The zero-order valence-electron chi connectivity index (χ0n) is 11.8. The van der Waals surface area contributed by atoms with Gasteiger partial charge >= 0.3 is 5.97 Å². The number of rotatable bonds is 6. The zero-order valence-corrected chi connectivity index (χ0v) is 11.8. The summed E-state index contributed by atoms with van der Waals surface area (Å²) in [6.45, 7) is 6.08. The van der Waals surface area contributed by atoms with Gasteiger partial charge in [-0.2, -0.15) is 0 Å². The highest BCUT2D eigenvalue weighted by molar-refractivity contribution is 5.71. The van der Waals surface area contributed by atoms with E-state index in [4.69, 9.17) is 18.9 Å². The molecular formula is C14H20O5. The molecule has 0 saturated heterocycles. The maximum atomic E-state index is 11.6. The fourth-order valence-electron chi connectivity index (χ4n) is 1.94. The highest BCUT2D eigenvalue weighted by Gasteiger charge is 2.30. The first-order valence-corrected chi connectivity index (χ1v) is 6.02. The van der Waals surface area contributed by atoms with Crippen molar-refractivity contribution in [2.75, 3.05) is 27.9 Å². The summed E-state index contributed by atoms with van der Waals surface area (Å²) >= 11 is 0. The quantitative estimate of drug-likeness (QED) is 0.691. The largest absolute Gasteiger partial charge is 0.493 e. The summed E-state index contributed by atoms with van der Waals surface area (Å²) in [6.07, 6.45) is 1.99. The average molecular weight is 268 g/mol. The molecular weight excluding hydrogens is 248 g/mol. The lowest BCUT2D eigenvalue weighted by Crippen LogP contribution is -2.19. The average Bonchev–Trinajstić information content (AvgIpc) is 2.40. The van der Waals surface area contributed by atoms with Crippen LogP contribution in [0.4, 0.5) is 0 Å². The highest BCUT2D eigenvalue weighted by atomic mass is 16.5. The van der Waals surface area contributed by atoms with E-state index in [1.54, 1.807) is 13.0 Å². The number of hydrogen-bond donors (Lipinski definition) is 0. The Morgan fingerprint density at radius 2 is 1.84 bits per heavy atom. The molecule has 5 nitrogen and oxygen atoms in total. The molecule has 0 spiro atoms. The summed E-state index contributed by atoms with van der Waals surface area (Å²) in [5.41, 5.74) is 0.674. The predicted octanol–water partition coefficient (Wildman–Crippen LogP) is 2.16. The van der Waals surface area contributed by atoms with E-state index in [0.29, 0.717) is 29.5 Å². The van der Waals surface area contributed by atoms with Gasteiger partial charge in [0.05, 0.1) is 34.4 Å². The van der Waals surface area contributed by atoms with E-state index in [9.17, 15) is 4.79 Å². The first-order chi connectivity index (χ1) is 9.08. The third kappa shape index (κ3) is 3.30. The molecule has 0 aliphatic heterocycles. The van der Waals surface area contributed by atoms with Crippen LogP contribution in [0, 0.1) is 5.92 Å². The van der Waals surface area contributed by atoms with Gasteiger partial charge in [0.2, 0.25) is 5.76 Å². The lowest BCUT2D eigenvalue weighted by Gasteiger charge is -2.25. The van der Waals surface area contributed by atoms with Crippen molar-refractivity contribution in [1.82, 2.24) is 0 Å². The van der Waals surface area contributed by atoms with Crippen LogP contribution in [0.1, 0.15) is 13.3 Å². The van der Waals surface area contributed by atoms with Gasteiger partial charge in [-0.3, -0.25) is 4.79 Å². The normalized spacial score (nSPS) is 18.8. The maximum absolute atomic E-state index is 11.6. The number of esters is 1. The molecule has 19 heavy (non-hydrogen) atoms. The van der Waals surface area contributed by atoms with Gasteiger partial charge in [0.1, 0.15) is 0 Å². The van der Waals surface area contributed by atoms with Crippen LogP contribution < -0.4 is 0 Å². The molecule has 0 N–H and O–H groups in total. The van der Waals surface area contributed by atoms with Crippen molar-refractivity contribution in [2.45, 2.75) is 13.3 Å². The van der Waals surface area contributed by atoms with E-state index < -0.39 is 0 Å². The van der Waals surface area contributed by atoms with Crippen molar-refractivity contribution >= 4 is 5.97 Å². The van der Waals surface area contributed by atoms with E-state index in [1.807, 2.05) is 0 Å². The Bertz CT molecular complexity index is 420. The van der Waals surface area contributed by atoms with E-state index in [0.717, 1.165) is 0 Å². The van der Waals surface area contributed by atoms with E-state index >= 15 is 0 Å². The van der Waals surface area contributed by atoms with Crippen LogP contribution >= 0.6 is 0 Å². The number of ether oxygens (including phenoxy) is 4. The second-order valence-electron chi connectivity index (χ2n) is 3.94. The van der Waals surface area contributed by atoms with Crippen molar-refractivity contribution in [2.24, 2.45) is 5.92 Å². The minimum absolute atomic E-state index is 0.198. The highest BCUT2D eigenvalue weighted by Crippen LogP contribution is 2.35. The molecule has 106 valence electrons. The summed E-state index contributed by atoms with van der Waals surface area (Å²) in [5, 5.41) is 0. The second kappa shape index (κ2) is 6.87. The molecule has 5 heteroatoms. The van der Waals surface area contributed by atoms with Gasteiger partial charge in [-0.1, -0.05) is 6.58 Å². The smallest absolute Gasteiger partial charge is 0.306 e. The molecule has 1 aliphatic rings. The molecule has 0 saturated carbocycles. The topological polar surface area (TPSA) is 54.0 Å².